The zero-order valence-corrected chi connectivity index (χ0v) is 13.1. The van der Waals surface area contributed by atoms with Crippen molar-refractivity contribution in [3.8, 4) is 0 Å². The fourth-order valence-corrected chi connectivity index (χ4v) is 3.31. The van der Waals surface area contributed by atoms with Crippen molar-refractivity contribution in [1.29, 1.82) is 0 Å². The molecule has 5 N–H and O–H groups in total. The minimum atomic E-state index is -0.150. The first-order chi connectivity index (χ1) is 11.6. The number of aromatic nitrogens is 1. The molecule has 0 spiro atoms. The maximum atomic E-state index is 12.9. The van der Waals surface area contributed by atoms with Crippen LogP contribution in [0, 0.1) is 0 Å². The molecule has 0 bridgehead atoms. The van der Waals surface area contributed by atoms with Crippen LogP contribution in [-0.4, -0.2) is 10.8 Å². The van der Waals surface area contributed by atoms with Gasteiger partial charge in [0.25, 0.3) is 0 Å². The Balaban J connectivity index is 1.97. The minimum absolute atomic E-state index is 0.101. The van der Waals surface area contributed by atoms with Gasteiger partial charge in [-0.25, -0.2) is 0 Å². The van der Waals surface area contributed by atoms with Gasteiger partial charge < -0.3 is 16.5 Å². The Kier molecular flexibility index (Phi) is 3.33. The Bertz CT molecular complexity index is 1050. The largest absolute Gasteiger partial charge is 0.351 e. The summed E-state index contributed by atoms with van der Waals surface area (Å²) in [7, 11) is 0. The third kappa shape index (κ3) is 2.10. The number of ketones is 1. The van der Waals surface area contributed by atoms with E-state index < -0.39 is 0 Å². The number of benzene rings is 2. The van der Waals surface area contributed by atoms with Crippen LogP contribution in [0.4, 0.5) is 0 Å². The van der Waals surface area contributed by atoms with E-state index in [1.807, 2.05) is 24.3 Å². The van der Waals surface area contributed by atoms with Gasteiger partial charge in [0.1, 0.15) is 0 Å². The van der Waals surface area contributed by atoms with Crippen molar-refractivity contribution in [3.05, 3.63) is 80.1 Å². The SMILES string of the molecule is NCc1ccc2c(c1)C(=O)c1[nH]c3ccc(CN)cc3c(=O)c1C2. The number of aromatic amines is 1. The highest BCUT2D eigenvalue weighted by Crippen LogP contribution is 2.27. The Hall–Kier alpha value is -2.76. The normalized spacial score (nSPS) is 13.0. The summed E-state index contributed by atoms with van der Waals surface area (Å²) in [6, 6.07) is 11.1. The highest BCUT2D eigenvalue weighted by molar-refractivity contribution is 6.12. The first-order valence-electron chi connectivity index (χ1n) is 7.87. The number of rotatable bonds is 2. The summed E-state index contributed by atoms with van der Waals surface area (Å²) in [5.74, 6) is -0.150. The Morgan fingerprint density at radius 1 is 0.958 bits per heavy atom. The zero-order chi connectivity index (χ0) is 16.8. The Labute approximate surface area is 138 Å². The Morgan fingerprint density at radius 3 is 2.42 bits per heavy atom. The van der Waals surface area contributed by atoms with Crippen molar-refractivity contribution in [2.75, 3.05) is 0 Å². The average molecular weight is 319 g/mol. The molecule has 0 unspecified atom stereocenters. The second-order valence-corrected chi connectivity index (χ2v) is 6.09. The van der Waals surface area contributed by atoms with Crippen LogP contribution in [0.1, 0.15) is 38.3 Å². The standard InChI is InChI=1S/C19H17N3O2/c20-8-10-1-3-12-7-15-17(19(24)13(12)5-10)22-16-4-2-11(9-21)6-14(16)18(15)23/h1-6H,7-9,20-21H2,(H,22,23). The molecule has 0 saturated carbocycles. The van der Waals surface area contributed by atoms with Crippen LogP contribution in [0.15, 0.2) is 41.2 Å². The van der Waals surface area contributed by atoms with E-state index in [4.69, 9.17) is 11.5 Å². The van der Waals surface area contributed by atoms with Crippen molar-refractivity contribution in [2.24, 2.45) is 11.5 Å². The zero-order valence-electron chi connectivity index (χ0n) is 13.1. The van der Waals surface area contributed by atoms with E-state index in [1.54, 1.807) is 12.1 Å². The average Bonchev–Trinajstić information content (AvgIpc) is 2.62. The summed E-state index contributed by atoms with van der Waals surface area (Å²) >= 11 is 0. The van der Waals surface area contributed by atoms with Crippen LogP contribution in [0.25, 0.3) is 10.9 Å². The lowest BCUT2D eigenvalue weighted by molar-refractivity contribution is 0.103. The number of nitrogens with two attached hydrogens (primary N) is 2. The molecule has 120 valence electrons. The third-order valence-electron chi connectivity index (χ3n) is 4.65. The molecule has 1 aliphatic rings. The second-order valence-electron chi connectivity index (χ2n) is 6.09. The lowest BCUT2D eigenvalue weighted by Crippen LogP contribution is -2.25. The van der Waals surface area contributed by atoms with Crippen LogP contribution >= 0.6 is 0 Å². The highest BCUT2D eigenvalue weighted by Gasteiger charge is 2.27. The molecule has 4 rings (SSSR count). The molecule has 0 atom stereocenters. The molecule has 0 saturated heterocycles. The predicted octanol–water partition coefficient (Wildman–Crippen LogP) is 1.58. The van der Waals surface area contributed by atoms with E-state index in [0.717, 1.165) is 16.7 Å². The molecule has 5 nitrogen and oxygen atoms in total. The quantitative estimate of drug-likeness (QED) is 0.522. The number of carbonyl (C=O) groups excluding carboxylic acids is 1. The first-order valence-corrected chi connectivity index (χ1v) is 7.87. The predicted molar refractivity (Wildman–Crippen MR) is 93.0 cm³/mol. The van der Waals surface area contributed by atoms with E-state index >= 15 is 0 Å². The van der Waals surface area contributed by atoms with Crippen LogP contribution in [0.2, 0.25) is 0 Å². The van der Waals surface area contributed by atoms with Crippen LogP contribution in [0.3, 0.4) is 0 Å². The van der Waals surface area contributed by atoms with Gasteiger partial charge in [0, 0.05) is 41.5 Å². The van der Waals surface area contributed by atoms with Gasteiger partial charge in [0.05, 0.1) is 5.69 Å². The van der Waals surface area contributed by atoms with Gasteiger partial charge in [0.15, 0.2) is 5.43 Å². The maximum absolute atomic E-state index is 12.9. The minimum Gasteiger partial charge on any atom is -0.351 e. The van der Waals surface area contributed by atoms with Crippen molar-refractivity contribution in [1.82, 2.24) is 4.98 Å². The molecular weight excluding hydrogens is 302 g/mol. The van der Waals surface area contributed by atoms with Crippen LogP contribution < -0.4 is 16.9 Å². The van der Waals surface area contributed by atoms with Gasteiger partial charge in [0.2, 0.25) is 5.78 Å². The molecule has 2 aromatic carbocycles. The molecule has 0 radical (unpaired) electrons. The van der Waals surface area contributed by atoms with Gasteiger partial charge in [-0.1, -0.05) is 18.2 Å². The number of hydrogen-bond acceptors (Lipinski definition) is 4. The van der Waals surface area contributed by atoms with Gasteiger partial charge in [-0.05, 0) is 34.9 Å². The summed E-state index contributed by atoms with van der Waals surface area (Å²) in [4.78, 5) is 28.9. The molecule has 1 aliphatic carbocycles. The van der Waals surface area contributed by atoms with Crippen LogP contribution in [0.5, 0.6) is 0 Å². The molecule has 0 amide bonds. The lowest BCUT2D eigenvalue weighted by atomic mass is 9.86. The summed E-state index contributed by atoms with van der Waals surface area (Å²) in [5.41, 5.74) is 16.1. The third-order valence-corrected chi connectivity index (χ3v) is 4.65. The molecule has 3 aromatic rings. The molecule has 1 heterocycles. The fourth-order valence-electron chi connectivity index (χ4n) is 3.31. The summed E-state index contributed by atoms with van der Waals surface area (Å²) in [6.45, 7) is 0.750. The number of H-pyrrole nitrogens is 1. The van der Waals surface area contributed by atoms with Crippen molar-refractivity contribution in [2.45, 2.75) is 19.5 Å². The number of nitrogens with one attached hydrogen (secondary N) is 1. The topological polar surface area (TPSA) is 102 Å². The Morgan fingerprint density at radius 2 is 1.67 bits per heavy atom. The number of carbonyl (C=O) groups is 1. The number of fused-ring (bicyclic) bond motifs is 3. The van der Waals surface area contributed by atoms with Crippen molar-refractivity contribution >= 4 is 16.7 Å². The van der Waals surface area contributed by atoms with Crippen molar-refractivity contribution < 1.29 is 4.79 Å². The molecule has 1 aromatic heterocycles. The van der Waals surface area contributed by atoms with Gasteiger partial charge in [-0.2, -0.15) is 0 Å². The molecule has 5 heteroatoms. The first kappa shape index (κ1) is 14.8. The molecule has 0 fully saturated rings. The molecule has 24 heavy (non-hydrogen) atoms. The van der Waals surface area contributed by atoms with E-state index in [9.17, 15) is 9.59 Å². The van der Waals surface area contributed by atoms with Crippen molar-refractivity contribution in [3.63, 3.8) is 0 Å². The smallest absolute Gasteiger partial charge is 0.209 e. The fraction of sp³-hybridized carbons (Fsp3) is 0.158. The van der Waals surface area contributed by atoms with Crippen LogP contribution in [-0.2, 0) is 19.5 Å². The summed E-state index contributed by atoms with van der Waals surface area (Å²) < 4.78 is 0. The maximum Gasteiger partial charge on any atom is 0.209 e. The number of pyridine rings is 1. The summed E-state index contributed by atoms with van der Waals surface area (Å²) in [5, 5.41) is 0.575. The highest BCUT2D eigenvalue weighted by atomic mass is 16.1. The second kappa shape index (κ2) is 5.40. The molecule has 0 aliphatic heterocycles. The van der Waals surface area contributed by atoms with E-state index in [-0.39, 0.29) is 11.2 Å². The summed E-state index contributed by atoms with van der Waals surface area (Å²) in [6.07, 6.45) is 0.444. The lowest BCUT2D eigenvalue weighted by Gasteiger charge is -2.19. The number of hydrogen-bond donors (Lipinski definition) is 3. The monoisotopic (exact) mass is 319 g/mol. The van der Waals surface area contributed by atoms with Gasteiger partial charge >= 0.3 is 0 Å². The van der Waals surface area contributed by atoms with E-state index in [0.29, 0.717) is 47.2 Å². The van der Waals surface area contributed by atoms with E-state index in [1.165, 1.54) is 0 Å². The van der Waals surface area contributed by atoms with Gasteiger partial charge in [-0.3, -0.25) is 9.59 Å². The van der Waals surface area contributed by atoms with E-state index in [2.05, 4.69) is 4.98 Å². The van der Waals surface area contributed by atoms with Gasteiger partial charge in [-0.15, -0.1) is 0 Å². The molecular formula is C19H17N3O2.